The van der Waals surface area contributed by atoms with Crippen LogP contribution in [-0.2, 0) is 6.18 Å². The lowest BCUT2D eigenvalue weighted by molar-refractivity contribution is -0.143. The van der Waals surface area contributed by atoms with Gasteiger partial charge in [0, 0.05) is 18.1 Å². The molecular formula is C17H17F4N5O. The molecule has 27 heavy (non-hydrogen) atoms. The normalized spacial score (nSPS) is 24.8. The molecule has 2 N–H and O–H groups in total. The highest BCUT2D eigenvalue weighted by Crippen LogP contribution is 2.33. The van der Waals surface area contributed by atoms with Gasteiger partial charge in [-0.25, -0.2) is 9.07 Å². The lowest BCUT2D eigenvalue weighted by Crippen LogP contribution is -2.48. The van der Waals surface area contributed by atoms with Crippen LogP contribution < -0.4 is 10.6 Å². The van der Waals surface area contributed by atoms with Gasteiger partial charge in [-0.2, -0.15) is 13.2 Å². The van der Waals surface area contributed by atoms with E-state index in [1.165, 1.54) is 12.1 Å². The molecule has 2 fully saturated rings. The van der Waals surface area contributed by atoms with Gasteiger partial charge in [-0.3, -0.25) is 4.79 Å². The van der Waals surface area contributed by atoms with Gasteiger partial charge in [0.2, 0.25) is 0 Å². The van der Waals surface area contributed by atoms with Crippen LogP contribution in [-0.4, -0.2) is 39.0 Å². The SMILES string of the molecule is O=C(NC1CC2CCC(C1)N2)c1nnn(-c2cccc(F)c2)c1C(F)(F)F. The largest absolute Gasteiger partial charge is 0.435 e. The van der Waals surface area contributed by atoms with Gasteiger partial charge in [-0.05, 0) is 43.9 Å². The summed E-state index contributed by atoms with van der Waals surface area (Å²) in [7, 11) is 0. The molecule has 2 bridgehead atoms. The summed E-state index contributed by atoms with van der Waals surface area (Å²) in [5.74, 6) is -1.64. The van der Waals surface area contributed by atoms with Gasteiger partial charge in [0.1, 0.15) is 5.82 Å². The van der Waals surface area contributed by atoms with Gasteiger partial charge in [0.05, 0.1) is 5.69 Å². The highest BCUT2D eigenvalue weighted by Gasteiger charge is 2.43. The van der Waals surface area contributed by atoms with E-state index in [2.05, 4.69) is 20.9 Å². The number of alkyl halides is 3. The second kappa shape index (κ2) is 6.59. The first kappa shape index (κ1) is 17.9. The van der Waals surface area contributed by atoms with Crippen molar-refractivity contribution >= 4 is 5.91 Å². The van der Waals surface area contributed by atoms with E-state index in [0.717, 1.165) is 25.0 Å². The Morgan fingerprint density at radius 3 is 2.56 bits per heavy atom. The fraction of sp³-hybridized carbons (Fsp3) is 0.471. The number of hydrogen-bond donors (Lipinski definition) is 2. The van der Waals surface area contributed by atoms with E-state index < -0.39 is 29.3 Å². The van der Waals surface area contributed by atoms with Crippen LogP contribution in [0.3, 0.4) is 0 Å². The summed E-state index contributed by atoms with van der Waals surface area (Å²) in [5, 5.41) is 13.0. The number of hydrogen-bond acceptors (Lipinski definition) is 4. The number of halogens is 4. The maximum absolute atomic E-state index is 13.6. The molecule has 6 nitrogen and oxygen atoms in total. The molecule has 0 spiro atoms. The molecule has 2 aliphatic heterocycles. The maximum Gasteiger partial charge on any atom is 0.435 e. The average molecular weight is 383 g/mol. The standard InChI is InChI=1S/C17H17F4N5O/c18-9-2-1-3-13(6-9)26-15(17(19,20)21)14(24-25-26)16(27)23-12-7-10-4-5-11(8-12)22-10/h1-3,6,10-12,22H,4-5,7-8H2,(H,23,27). The Labute approximate surface area is 151 Å². The maximum atomic E-state index is 13.6. The Balaban J connectivity index is 1.63. The third-order valence-electron chi connectivity index (χ3n) is 5.01. The molecule has 1 aromatic heterocycles. The minimum absolute atomic E-state index is 0.159. The molecule has 144 valence electrons. The van der Waals surface area contributed by atoms with Crippen molar-refractivity contribution in [3.63, 3.8) is 0 Å². The first-order valence-corrected chi connectivity index (χ1v) is 8.67. The van der Waals surface area contributed by atoms with Crippen molar-refractivity contribution < 1.29 is 22.4 Å². The van der Waals surface area contributed by atoms with Crippen LogP contribution in [0.25, 0.3) is 5.69 Å². The summed E-state index contributed by atoms with van der Waals surface area (Å²) in [4.78, 5) is 12.5. The summed E-state index contributed by atoms with van der Waals surface area (Å²) in [6, 6.07) is 4.87. The monoisotopic (exact) mass is 383 g/mol. The average Bonchev–Trinajstić information content (AvgIpc) is 3.18. The highest BCUT2D eigenvalue weighted by atomic mass is 19.4. The quantitative estimate of drug-likeness (QED) is 0.799. The Kier molecular flexibility index (Phi) is 4.37. The molecule has 10 heteroatoms. The summed E-state index contributed by atoms with van der Waals surface area (Å²) in [5.41, 5.74) is -2.28. The van der Waals surface area contributed by atoms with Crippen molar-refractivity contribution in [3.8, 4) is 5.69 Å². The van der Waals surface area contributed by atoms with E-state index in [0.29, 0.717) is 17.5 Å². The molecule has 2 aliphatic rings. The first-order valence-electron chi connectivity index (χ1n) is 8.67. The minimum Gasteiger partial charge on any atom is -0.348 e. The van der Waals surface area contributed by atoms with E-state index in [9.17, 15) is 22.4 Å². The summed E-state index contributed by atoms with van der Waals surface area (Å²) in [6.45, 7) is 0. The van der Waals surface area contributed by atoms with Gasteiger partial charge in [0.15, 0.2) is 11.4 Å². The fourth-order valence-electron chi connectivity index (χ4n) is 3.91. The lowest BCUT2D eigenvalue weighted by atomic mass is 9.99. The molecule has 1 aromatic carbocycles. The number of nitrogens with zero attached hydrogens (tertiary/aromatic N) is 3. The van der Waals surface area contributed by atoms with Gasteiger partial charge in [-0.1, -0.05) is 11.3 Å². The van der Waals surface area contributed by atoms with Crippen LogP contribution in [0, 0.1) is 5.82 Å². The third-order valence-corrected chi connectivity index (χ3v) is 5.01. The second-order valence-corrected chi connectivity index (χ2v) is 6.96. The topological polar surface area (TPSA) is 71.8 Å². The number of rotatable bonds is 3. The van der Waals surface area contributed by atoms with Crippen LogP contribution in [0.1, 0.15) is 41.9 Å². The van der Waals surface area contributed by atoms with E-state index in [4.69, 9.17) is 0 Å². The van der Waals surface area contributed by atoms with Crippen LogP contribution in [0.4, 0.5) is 17.6 Å². The zero-order valence-electron chi connectivity index (χ0n) is 14.1. The first-order chi connectivity index (χ1) is 12.8. The zero-order chi connectivity index (χ0) is 19.2. The Bertz CT molecular complexity index is 853. The second-order valence-electron chi connectivity index (χ2n) is 6.96. The summed E-state index contributed by atoms with van der Waals surface area (Å²) < 4.78 is 54.7. The van der Waals surface area contributed by atoms with Crippen LogP contribution >= 0.6 is 0 Å². The summed E-state index contributed by atoms with van der Waals surface area (Å²) in [6.07, 6.45) is -1.54. The molecule has 1 amide bonds. The van der Waals surface area contributed by atoms with Crippen LogP contribution in [0.15, 0.2) is 24.3 Å². The molecule has 2 saturated heterocycles. The van der Waals surface area contributed by atoms with Crippen molar-refractivity contribution in [1.82, 2.24) is 25.6 Å². The number of carbonyl (C=O) groups is 1. The molecule has 4 rings (SSSR count). The third kappa shape index (κ3) is 3.53. The van der Waals surface area contributed by atoms with E-state index in [1.54, 1.807) is 0 Å². The van der Waals surface area contributed by atoms with Crippen LogP contribution in [0.5, 0.6) is 0 Å². The van der Waals surface area contributed by atoms with Gasteiger partial charge >= 0.3 is 6.18 Å². The van der Waals surface area contributed by atoms with Crippen molar-refractivity contribution in [3.05, 3.63) is 41.5 Å². The fourth-order valence-corrected chi connectivity index (χ4v) is 3.91. The molecule has 0 aliphatic carbocycles. The van der Waals surface area contributed by atoms with E-state index >= 15 is 0 Å². The molecular weight excluding hydrogens is 366 g/mol. The number of amides is 1. The van der Waals surface area contributed by atoms with E-state index in [-0.39, 0.29) is 23.8 Å². The van der Waals surface area contributed by atoms with Crippen molar-refractivity contribution in [2.24, 2.45) is 0 Å². The van der Waals surface area contributed by atoms with Crippen molar-refractivity contribution in [1.29, 1.82) is 0 Å². The predicted molar refractivity (Wildman–Crippen MR) is 86.8 cm³/mol. The van der Waals surface area contributed by atoms with Gasteiger partial charge in [-0.15, -0.1) is 5.10 Å². The van der Waals surface area contributed by atoms with Crippen LogP contribution in [0.2, 0.25) is 0 Å². The van der Waals surface area contributed by atoms with Crippen molar-refractivity contribution in [2.45, 2.75) is 50.0 Å². The number of carbonyl (C=O) groups excluding carboxylic acids is 1. The molecule has 0 radical (unpaired) electrons. The van der Waals surface area contributed by atoms with Gasteiger partial charge in [0.25, 0.3) is 5.91 Å². The lowest BCUT2D eigenvalue weighted by Gasteiger charge is -2.29. The predicted octanol–water partition coefficient (Wildman–Crippen LogP) is 2.44. The molecule has 0 saturated carbocycles. The molecule has 2 unspecified atom stereocenters. The number of aromatic nitrogens is 3. The van der Waals surface area contributed by atoms with Gasteiger partial charge < -0.3 is 10.6 Å². The molecule has 2 aromatic rings. The zero-order valence-corrected chi connectivity index (χ0v) is 14.1. The number of fused-ring (bicyclic) bond motifs is 2. The molecule has 2 atom stereocenters. The smallest absolute Gasteiger partial charge is 0.348 e. The minimum atomic E-state index is -4.88. The Morgan fingerprint density at radius 1 is 1.22 bits per heavy atom. The summed E-state index contributed by atoms with van der Waals surface area (Å²) >= 11 is 0. The molecule has 3 heterocycles. The van der Waals surface area contributed by atoms with E-state index in [1.807, 2.05) is 0 Å². The Hall–Kier alpha value is -2.49. The number of nitrogens with one attached hydrogen (secondary N) is 2. The van der Waals surface area contributed by atoms with Crippen molar-refractivity contribution in [2.75, 3.05) is 0 Å². The number of benzene rings is 1. The highest BCUT2D eigenvalue weighted by molar-refractivity contribution is 5.93. The number of piperidine rings is 1. The Morgan fingerprint density at radius 2 is 1.93 bits per heavy atom.